The molecule has 1 aliphatic rings. The SMILES string of the molecule is CCOC(=O)c1cn(CC)c2c1C(=O)C(=CN(C)C)CCC2. The molecule has 120 valence electrons. The number of esters is 1. The first-order valence-corrected chi connectivity index (χ1v) is 7.80. The number of carbonyl (C=O) groups is 2. The predicted octanol–water partition coefficient (Wildman–Crippen LogP) is 2.65. The van der Waals surface area contributed by atoms with E-state index in [1.165, 1.54) is 0 Å². The summed E-state index contributed by atoms with van der Waals surface area (Å²) in [5, 5.41) is 0. The predicted molar refractivity (Wildman–Crippen MR) is 85.1 cm³/mol. The Balaban J connectivity index is 2.56. The molecule has 1 aliphatic carbocycles. The van der Waals surface area contributed by atoms with Crippen LogP contribution in [0.25, 0.3) is 0 Å². The van der Waals surface area contributed by atoms with Crippen LogP contribution in [0.5, 0.6) is 0 Å². The third-order valence-corrected chi connectivity index (χ3v) is 3.82. The maximum absolute atomic E-state index is 12.9. The van der Waals surface area contributed by atoms with Gasteiger partial charge >= 0.3 is 5.97 Å². The molecule has 5 nitrogen and oxygen atoms in total. The van der Waals surface area contributed by atoms with E-state index in [0.29, 0.717) is 17.7 Å². The average Bonchev–Trinajstić information content (AvgIpc) is 2.76. The Bertz CT molecular complexity index is 612. The summed E-state index contributed by atoms with van der Waals surface area (Å²) in [5.74, 6) is -0.457. The molecule has 0 unspecified atom stereocenters. The van der Waals surface area contributed by atoms with E-state index in [1.54, 1.807) is 13.1 Å². The highest BCUT2D eigenvalue weighted by atomic mass is 16.5. The first-order valence-electron chi connectivity index (χ1n) is 7.80. The maximum Gasteiger partial charge on any atom is 0.340 e. The number of hydrogen-bond acceptors (Lipinski definition) is 4. The number of carbonyl (C=O) groups excluding carboxylic acids is 2. The smallest absolute Gasteiger partial charge is 0.340 e. The molecule has 0 amide bonds. The van der Waals surface area contributed by atoms with Crippen LogP contribution in [0.1, 0.15) is 53.1 Å². The molecule has 22 heavy (non-hydrogen) atoms. The van der Waals surface area contributed by atoms with Crippen LogP contribution in [-0.2, 0) is 17.7 Å². The lowest BCUT2D eigenvalue weighted by atomic mass is 10.0. The van der Waals surface area contributed by atoms with Gasteiger partial charge in [-0.25, -0.2) is 4.79 Å². The number of Topliss-reactive ketones (excluding diaryl/α,β-unsaturated/α-hetero) is 1. The number of aryl methyl sites for hydroxylation is 1. The Morgan fingerprint density at radius 3 is 2.68 bits per heavy atom. The lowest BCUT2D eigenvalue weighted by molar-refractivity contribution is 0.0523. The van der Waals surface area contributed by atoms with Crippen molar-refractivity contribution in [3.05, 3.63) is 34.8 Å². The van der Waals surface area contributed by atoms with E-state index < -0.39 is 5.97 Å². The van der Waals surface area contributed by atoms with Crippen molar-refractivity contribution >= 4 is 11.8 Å². The van der Waals surface area contributed by atoms with Crippen LogP contribution in [0, 0.1) is 0 Å². The highest BCUT2D eigenvalue weighted by molar-refractivity contribution is 6.15. The van der Waals surface area contributed by atoms with Crippen molar-refractivity contribution in [2.45, 2.75) is 39.7 Å². The molecule has 1 aromatic rings. The molecule has 0 bridgehead atoms. The molecular formula is C17H24N2O3. The van der Waals surface area contributed by atoms with Gasteiger partial charge in [0.25, 0.3) is 0 Å². The highest BCUT2D eigenvalue weighted by Crippen LogP contribution is 2.29. The van der Waals surface area contributed by atoms with E-state index in [0.717, 1.165) is 37.1 Å². The van der Waals surface area contributed by atoms with Gasteiger partial charge in [0.1, 0.15) is 0 Å². The molecule has 1 aromatic heterocycles. The van der Waals surface area contributed by atoms with Gasteiger partial charge in [-0.2, -0.15) is 0 Å². The van der Waals surface area contributed by atoms with Gasteiger partial charge in [0.15, 0.2) is 5.78 Å². The first kappa shape index (κ1) is 16.3. The topological polar surface area (TPSA) is 51.5 Å². The van der Waals surface area contributed by atoms with Gasteiger partial charge in [0.05, 0.1) is 17.7 Å². The van der Waals surface area contributed by atoms with Crippen molar-refractivity contribution in [3.63, 3.8) is 0 Å². The van der Waals surface area contributed by atoms with Crippen LogP contribution in [0.4, 0.5) is 0 Å². The molecule has 0 aliphatic heterocycles. The van der Waals surface area contributed by atoms with Crippen molar-refractivity contribution in [3.8, 4) is 0 Å². The second-order valence-corrected chi connectivity index (χ2v) is 5.67. The fourth-order valence-electron chi connectivity index (χ4n) is 2.92. The van der Waals surface area contributed by atoms with E-state index in [4.69, 9.17) is 4.74 Å². The summed E-state index contributed by atoms with van der Waals surface area (Å²) in [5.41, 5.74) is 2.64. The molecule has 0 aromatic carbocycles. The molecule has 5 heteroatoms. The van der Waals surface area contributed by atoms with Crippen LogP contribution in [0.2, 0.25) is 0 Å². The fraction of sp³-hybridized carbons (Fsp3) is 0.529. The zero-order chi connectivity index (χ0) is 16.3. The summed E-state index contributed by atoms with van der Waals surface area (Å²) in [6, 6.07) is 0. The second kappa shape index (κ2) is 6.81. The van der Waals surface area contributed by atoms with Gasteiger partial charge in [0.2, 0.25) is 0 Å². The number of aromatic nitrogens is 1. The van der Waals surface area contributed by atoms with Gasteiger partial charge in [-0.15, -0.1) is 0 Å². The Labute approximate surface area is 131 Å². The maximum atomic E-state index is 12.9. The molecule has 0 atom stereocenters. The number of ketones is 1. The quantitative estimate of drug-likeness (QED) is 0.487. The molecule has 2 rings (SSSR count). The minimum Gasteiger partial charge on any atom is -0.462 e. The summed E-state index contributed by atoms with van der Waals surface area (Å²) in [6.45, 7) is 4.83. The molecule has 0 saturated heterocycles. The van der Waals surface area contributed by atoms with Crippen molar-refractivity contribution < 1.29 is 14.3 Å². The van der Waals surface area contributed by atoms with Crippen molar-refractivity contribution in [1.29, 1.82) is 0 Å². The fourth-order valence-corrected chi connectivity index (χ4v) is 2.92. The Hall–Kier alpha value is -2.04. The van der Waals surface area contributed by atoms with E-state index in [1.807, 2.05) is 36.7 Å². The van der Waals surface area contributed by atoms with Gasteiger partial charge in [-0.1, -0.05) is 0 Å². The summed E-state index contributed by atoms with van der Waals surface area (Å²) >= 11 is 0. The third-order valence-electron chi connectivity index (χ3n) is 3.82. The summed E-state index contributed by atoms with van der Waals surface area (Å²) in [7, 11) is 3.80. The summed E-state index contributed by atoms with van der Waals surface area (Å²) in [4.78, 5) is 27.0. The summed E-state index contributed by atoms with van der Waals surface area (Å²) in [6.07, 6.45) is 6.07. The third kappa shape index (κ3) is 3.08. The minimum absolute atomic E-state index is 0.0450. The van der Waals surface area contributed by atoms with Crippen LogP contribution < -0.4 is 0 Å². The minimum atomic E-state index is -0.412. The molecule has 0 fully saturated rings. The van der Waals surface area contributed by atoms with E-state index in [-0.39, 0.29) is 5.78 Å². The molecule has 0 radical (unpaired) electrons. The first-order chi connectivity index (χ1) is 10.5. The number of rotatable bonds is 4. The van der Waals surface area contributed by atoms with Crippen molar-refractivity contribution in [1.82, 2.24) is 9.47 Å². The standard InChI is InChI=1S/C17H24N2O3/c1-5-19-11-13(17(21)22-6-2)15-14(19)9-7-8-12(16(15)20)10-18(3)4/h10-11H,5-9H2,1-4H3. The van der Waals surface area contributed by atoms with Crippen LogP contribution in [0.15, 0.2) is 18.0 Å². The average molecular weight is 304 g/mol. The number of ether oxygens (including phenoxy) is 1. The van der Waals surface area contributed by atoms with Crippen LogP contribution >= 0.6 is 0 Å². The Morgan fingerprint density at radius 1 is 1.36 bits per heavy atom. The second-order valence-electron chi connectivity index (χ2n) is 5.67. The van der Waals surface area contributed by atoms with E-state index in [2.05, 4.69) is 0 Å². The molecule has 0 saturated carbocycles. The number of fused-ring (bicyclic) bond motifs is 1. The molecular weight excluding hydrogens is 280 g/mol. The lowest BCUT2D eigenvalue weighted by Crippen LogP contribution is -2.13. The Kier molecular flexibility index (Phi) is 5.06. The van der Waals surface area contributed by atoms with Gasteiger partial charge < -0.3 is 14.2 Å². The lowest BCUT2D eigenvalue weighted by Gasteiger charge is -2.10. The number of nitrogens with zero attached hydrogens (tertiary/aromatic N) is 2. The molecule has 0 N–H and O–H groups in total. The van der Waals surface area contributed by atoms with Crippen LogP contribution in [-0.4, -0.2) is 41.9 Å². The molecule has 1 heterocycles. The van der Waals surface area contributed by atoms with Gasteiger partial charge in [-0.05, 0) is 33.1 Å². The zero-order valence-electron chi connectivity index (χ0n) is 13.8. The summed E-state index contributed by atoms with van der Waals surface area (Å²) < 4.78 is 7.12. The number of hydrogen-bond donors (Lipinski definition) is 0. The number of allylic oxidation sites excluding steroid dienone is 1. The van der Waals surface area contributed by atoms with Gasteiger partial charge in [-0.3, -0.25) is 4.79 Å². The van der Waals surface area contributed by atoms with Crippen molar-refractivity contribution in [2.75, 3.05) is 20.7 Å². The monoisotopic (exact) mass is 304 g/mol. The van der Waals surface area contributed by atoms with Crippen LogP contribution in [0.3, 0.4) is 0 Å². The highest BCUT2D eigenvalue weighted by Gasteiger charge is 2.30. The van der Waals surface area contributed by atoms with Crippen molar-refractivity contribution in [2.24, 2.45) is 0 Å². The molecule has 0 spiro atoms. The normalized spacial score (nSPS) is 16.4. The zero-order valence-corrected chi connectivity index (χ0v) is 13.8. The van der Waals surface area contributed by atoms with E-state index in [9.17, 15) is 9.59 Å². The van der Waals surface area contributed by atoms with E-state index >= 15 is 0 Å². The largest absolute Gasteiger partial charge is 0.462 e. The van der Waals surface area contributed by atoms with Gasteiger partial charge in [0, 0.05) is 44.3 Å². The Morgan fingerprint density at radius 2 is 2.09 bits per heavy atom.